The van der Waals surface area contributed by atoms with E-state index in [1.165, 1.54) is 18.2 Å². The number of carbonyl (C=O) groups excluding carboxylic acids is 2. The molecule has 1 fully saturated rings. The molecule has 9 heteroatoms. The van der Waals surface area contributed by atoms with E-state index in [4.69, 9.17) is 11.6 Å². The van der Waals surface area contributed by atoms with Gasteiger partial charge in [-0.2, -0.15) is 0 Å². The summed E-state index contributed by atoms with van der Waals surface area (Å²) in [5, 5.41) is 4.70. The molecule has 0 bridgehead atoms. The van der Waals surface area contributed by atoms with Crippen molar-refractivity contribution in [1.29, 1.82) is 0 Å². The molecular weight excluding hydrogens is 318 g/mol. The smallest absolute Gasteiger partial charge is 0.322 e. The summed E-state index contributed by atoms with van der Waals surface area (Å²) in [4.78, 5) is 22.9. The average molecular weight is 332 g/mol. The Morgan fingerprint density at radius 3 is 2.62 bits per heavy atom. The normalized spacial score (nSPS) is 18.5. The maximum absolute atomic E-state index is 12.3. The van der Waals surface area contributed by atoms with Crippen LogP contribution in [0.3, 0.4) is 0 Å². The zero-order chi connectivity index (χ0) is 15.6. The lowest BCUT2D eigenvalue weighted by molar-refractivity contribution is -0.120. The Bertz CT molecular complexity index is 690. The van der Waals surface area contributed by atoms with E-state index in [1.807, 2.05) is 6.92 Å². The highest BCUT2D eigenvalue weighted by molar-refractivity contribution is 7.89. The van der Waals surface area contributed by atoms with Crippen LogP contribution in [0.15, 0.2) is 23.1 Å². The van der Waals surface area contributed by atoms with E-state index in [0.717, 1.165) is 0 Å². The monoisotopic (exact) mass is 331 g/mol. The Kier molecular flexibility index (Phi) is 4.50. The molecule has 1 atom stereocenters. The minimum atomic E-state index is -3.79. The first-order valence-corrected chi connectivity index (χ1v) is 8.11. The third-order valence-electron chi connectivity index (χ3n) is 2.89. The molecule has 0 aliphatic carbocycles. The third-order valence-corrected chi connectivity index (χ3v) is 4.66. The summed E-state index contributed by atoms with van der Waals surface area (Å²) < 4.78 is 27.0. The quantitative estimate of drug-likeness (QED) is 0.697. The second-order valence-electron chi connectivity index (χ2n) is 4.48. The molecule has 0 radical (unpaired) electrons. The van der Waals surface area contributed by atoms with E-state index in [-0.39, 0.29) is 22.0 Å². The highest BCUT2D eigenvalue weighted by Crippen LogP contribution is 2.27. The van der Waals surface area contributed by atoms with Crippen molar-refractivity contribution in [3.8, 4) is 0 Å². The van der Waals surface area contributed by atoms with E-state index in [1.54, 1.807) is 0 Å². The van der Waals surface area contributed by atoms with Gasteiger partial charge in [-0.15, -0.1) is 0 Å². The van der Waals surface area contributed by atoms with Crippen LogP contribution in [-0.2, 0) is 14.8 Å². The summed E-state index contributed by atoms with van der Waals surface area (Å²) >= 11 is 5.87. The van der Waals surface area contributed by atoms with Crippen molar-refractivity contribution in [2.45, 2.75) is 24.3 Å². The van der Waals surface area contributed by atoms with Crippen LogP contribution in [-0.4, -0.2) is 26.9 Å². The number of hydrogen-bond acceptors (Lipinski definition) is 4. The van der Waals surface area contributed by atoms with Crippen molar-refractivity contribution < 1.29 is 18.0 Å². The van der Waals surface area contributed by atoms with Gasteiger partial charge < -0.3 is 5.32 Å². The summed E-state index contributed by atoms with van der Waals surface area (Å²) in [6.45, 7) is 2.10. The lowest BCUT2D eigenvalue weighted by Crippen LogP contribution is -2.28. The number of carbonyl (C=O) groups is 2. The number of rotatable bonds is 5. The van der Waals surface area contributed by atoms with Crippen LogP contribution >= 0.6 is 11.6 Å². The molecule has 3 amide bonds. The van der Waals surface area contributed by atoms with Gasteiger partial charge in [0.25, 0.3) is 5.91 Å². The van der Waals surface area contributed by atoms with Crippen LogP contribution in [0.4, 0.5) is 4.79 Å². The summed E-state index contributed by atoms with van der Waals surface area (Å²) in [5.74, 6) is -0.616. The molecule has 2 rings (SSSR count). The number of hydrogen-bond donors (Lipinski definition) is 3. The average Bonchev–Trinajstić information content (AvgIpc) is 2.75. The van der Waals surface area contributed by atoms with Crippen molar-refractivity contribution in [2.75, 3.05) is 6.54 Å². The highest BCUT2D eigenvalue weighted by Gasteiger charge is 2.35. The molecule has 0 saturated carbocycles. The van der Waals surface area contributed by atoms with Gasteiger partial charge >= 0.3 is 6.03 Å². The van der Waals surface area contributed by atoms with Crippen molar-refractivity contribution in [2.24, 2.45) is 0 Å². The third kappa shape index (κ3) is 3.34. The standard InChI is InChI=1S/C12H14ClN3O4S/c1-2-5-14-21(19,20)9-4-3-7(13)6-8(9)10-11(17)16-12(18)15-10/h3-4,6,10,14H,2,5H2,1H3,(H2,15,16,17,18). The van der Waals surface area contributed by atoms with Gasteiger partial charge in [0, 0.05) is 17.1 Å². The summed E-state index contributed by atoms with van der Waals surface area (Å²) in [5.41, 5.74) is 0.134. The van der Waals surface area contributed by atoms with Gasteiger partial charge in [-0.3, -0.25) is 10.1 Å². The second kappa shape index (κ2) is 6.00. The van der Waals surface area contributed by atoms with E-state index in [0.29, 0.717) is 6.42 Å². The Balaban J connectivity index is 2.48. The summed E-state index contributed by atoms with van der Waals surface area (Å²) in [6.07, 6.45) is 0.628. The molecule has 21 heavy (non-hydrogen) atoms. The molecule has 1 aliphatic heterocycles. The number of urea groups is 1. The summed E-state index contributed by atoms with van der Waals surface area (Å²) in [6, 6.07) is 2.34. The number of benzene rings is 1. The van der Waals surface area contributed by atoms with E-state index in [9.17, 15) is 18.0 Å². The van der Waals surface area contributed by atoms with Gasteiger partial charge in [-0.1, -0.05) is 18.5 Å². The van der Waals surface area contributed by atoms with Crippen molar-refractivity contribution in [3.05, 3.63) is 28.8 Å². The fraction of sp³-hybridized carbons (Fsp3) is 0.333. The molecule has 7 nitrogen and oxygen atoms in total. The van der Waals surface area contributed by atoms with E-state index < -0.39 is 28.0 Å². The largest absolute Gasteiger partial charge is 0.322 e. The predicted octanol–water partition coefficient (Wildman–Crippen LogP) is 0.909. The number of imide groups is 1. The van der Waals surface area contributed by atoms with Crippen LogP contribution in [0.1, 0.15) is 24.9 Å². The lowest BCUT2D eigenvalue weighted by Gasteiger charge is -2.15. The zero-order valence-electron chi connectivity index (χ0n) is 11.1. The Morgan fingerprint density at radius 2 is 2.05 bits per heavy atom. The molecule has 0 aromatic heterocycles. The molecule has 1 aromatic rings. The maximum atomic E-state index is 12.3. The van der Waals surface area contributed by atoms with Gasteiger partial charge in [-0.05, 0) is 24.6 Å². The Morgan fingerprint density at radius 1 is 1.33 bits per heavy atom. The Labute approximate surface area is 127 Å². The number of amides is 3. The SMILES string of the molecule is CCCNS(=O)(=O)c1ccc(Cl)cc1C1NC(=O)NC1=O. The summed E-state index contributed by atoms with van der Waals surface area (Å²) in [7, 11) is -3.79. The van der Waals surface area contributed by atoms with Crippen LogP contribution < -0.4 is 15.4 Å². The molecule has 3 N–H and O–H groups in total. The highest BCUT2D eigenvalue weighted by atomic mass is 35.5. The predicted molar refractivity (Wildman–Crippen MR) is 76.3 cm³/mol. The number of sulfonamides is 1. The molecule has 1 unspecified atom stereocenters. The molecule has 1 aromatic carbocycles. The maximum Gasteiger partial charge on any atom is 0.322 e. The van der Waals surface area contributed by atoms with Crippen molar-refractivity contribution in [1.82, 2.24) is 15.4 Å². The first-order valence-electron chi connectivity index (χ1n) is 6.25. The molecular formula is C12H14ClN3O4S. The van der Waals surface area contributed by atoms with E-state index >= 15 is 0 Å². The zero-order valence-corrected chi connectivity index (χ0v) is 12.7. The Hall–Kier alpha value is -1.64. The minimum Gasteiger partial charge on any atom is -0.322 e. The van der Waals surface area contributed by atoms with E-state index in [2.05, 4.69) is 15.4 Å². The van der Waals surface area contributed by atoms with Gasteiger partial charge in [0.15, 0.2) is 0 Å². The molecule has 0 spiro atoms. The fourth-order valence-corrected chi connectivity index (χ4v) is 3.48. The van der Waals surface area contributed by atoms with Gasteiger partial charge in [0.2, 0.25) is 10.0 Å². The number of halogens is 1. The molecule has 1 aliphatic rings. The van der Waals surface area contributed by atoms with Crippen LogP contribution in [0.5, 0.6) is 0 Å². The second-order valence-corrected chi connectivity index (χ2v) is 6.65. The van der Waals surface area contributed by atoms with Crippen molar-refractivity contribution in [3.63, 3.8) is 0 Å². The fourth-order valence-electron chi connectivity index (χ4n) is 1.94. The first-order chi connectivity index (χ1) is 9.85. The van der Waals surface area contributed by atoms with Crippen LogP contribution in [0.25, 0.3) is 0 Å². The van der Waals surface area contributed by atoms with Gasteiger partial charge in [-0.25, -0.2) is 17.9 Å². The van der Waals surface area contributed by atoms with Gasteiger partial charge in [0.1, 0.15) is 6.04 Å². The minimum absolute atomic E-state index is 0.0808. The van der Waals surface area contributed by atoms with Gasteiger partial charge in [0.05, 0.1) is 4.90 Å². The van der Waals surface area contributed by atoms with Crippen molar-refractivity contribution >= 4 is 33.6 Å². The van der Waals surface area contributed by atoms with Crippen LogP contribution in [0.2, 0.25) is 5.02 Å². The first kappa shape index (κ1) is 15.7. The van der Waals surface area contributed by atoms with Crippen LogP contribution in [0, 0.1) is 0 Å². The topological polar surface area (TPSA) is 104 Å². The lowest BCUT2D eigenvalue weighted by atomic mass is 10.1. The molecule has 1 saturated heterocycles. The number of nitrogens with one attached hydrogen (secondary N) is 3. The molecule has 1 heterocycles. The molecule has 114 valence electrons.